The van der Waals surface area contributed by atoms with Crippen LogP contribution in [0.5, 0.6) is 5.75 Å². The molecule has 152 valence electrons. The molecule has 5 nitrogen and oxygen atoms in total. The lowest BCUT2D eigenvalue weighted by Crippen LogP contribution is -2.34. The SMILES string of the molecule is CCN(CCO)CC1CCC(CCN(C)C(=O)Oc2ccc(Cl)cc2)CC1. The average molecular weight is 397 g/mol. The standard InChI is InChI=1S/C21H33ClN2O3/c1-3-24(14-15-25)16-18-6-4-17(5-7-18)12-13-23(2)21(26)27-20-10-8-19(22)9-11-20/h8-11,17-18,25H,3-7,12-16H2,1-2H3. The van der Waals surface area contributed by atoms with E-state index in [0.29, 0.717) is 23.2 Å². The van der Waals surface area contributed by atoms with E-state index in [1.54, 1.807) is 36.2 Å². The summed E-state index contributed by atoms with van der Waals surface area (Å²) in [6.45, 7) is 5.98. The van der Waals surface area contributed by atoms with Crippen LogP contribution in [-0.4, -0.2) is 60.8 Å². The van der Waals surface area contributed by atoms with Gasteiger partial charge in [0.2, 0.25) is 0 Å². The molecule has 1 aliphatic rings. The second-order valence-corrected chi connectivity index (χ2v) is 7.97. The van der Waals surface area contributed by atoms with Crippen LogP contribution in [-0.2, 0) is 0 Å². The summed E-state index contributed by atoms with van der Waals surface area (Å²) in [5, 5.41) is 9.74. The Hall–Kier alpha value is -1.30. The minimum atomic E-state index is -0.325. The second-order valence-electron chi connectivity index (χ2n) is 7.54. The van der Waals surface area contributed by atoms with Crippen LogP contribution >= 0.6 is 11.6 Å². The highest BCUT2D eigenvalue weighted by molar-refractivity contribution is 6.30. The van der Waals surface area contributed by atoms with Gasteiger partial charge in [-0.25, -0.2) is 4.79 Å². The van der Waals surface area contributed by atoms with Crippen LogP contribution in [0.15, 0.2) is 24.3 Å². The number of carbonyl (C=O) groups is 1. The van der Waals surface area contributed by atoms with Crippen molar-refractivity contribution in [1.82, 2.24) is 9.80 Å². The molecule has 0 radical (unpaired) electrons. The number of rotatable bonds is 9. The van der Waals surface area contributed by atoms with Crippen molar-refractivity contribution < 1.29 is 14.6 Å². The predicted octanol–water partition coefficient (Wildman–Crippen LogP) is 4.28. The molecule has 27 heavy (non-hydrogen) atoms. The van der Waals surface area contributed by atoms with Crippen LogP contribution < -0.4 is 4.74 Å². The number of aliphatic hydroxyl groups excluding tert-OH is 1. The number of carbonyl (C=O) groups excluding carboxylic acids is 1. The fourth-order valence-electron chi connectivity index (χ4n) is 3.74. The third kappa shape index (κ3) is 7.68. The maximum atomic E-state index is 12.2. The van der Waals surface area contributed by atoms with Crippen LogP contribution in [0.1, 0.15) is 39.0 Å². The number of hydrogen-bond donors (Lipinski definition) is 1. The zero-order valence-corrected chi connectivity index (χ0v) is 17.3. The van der Waals surface area contributed by atoms with E-state index in [1.165, 1.54) is 25.7 Å². The van der Waals surface area contributed by atoms with E-state index in [4.69, 9.17) is 21.4 Å². The number of amides is 1. The van der Waals surface area contributed by atoms with Crippen molar-refractivity contribution in [2.24, 2.45) is 11.8 Å². The van der Waals surface area contributed by atoms with Gasteiger partial charge in [0.15, 0.2) is 0 Å². The van der Waals surface area contributed by atoms with Crippen LogP contribution in [0.2, 0.25) is 5.02 Å². The Morgan fingerprint density at radius 2 is 1.78 bits per heavy atom. The predicted molar refractivity (Wildman–Crippen MR) is 109 cm³/mol. The molecule has 1 fully saturated rings. The highest BCUT2D eigenvalue weighted by Gasteiger charge is 2.23. The van der Waals surface area contributed by atoms with E-state index in [-0.39, 0.29) is 12.7 Å². The minimum Gasteiger partial charge on any atom is -0.410 e. The normalized spacial score (nSPS) is 19.9. The summed E-state index contributed by atoms with van der Waals surface area (Å²) >= 11 is 5.84. The largest absolute Gasteiger partial charge is 0.414 e. The molecule has 0 aromatic heterocycles. The number of likely N-dealkylation sites (N-methyl/N-ethyl adjacent to an activating group) is 1. The van der Waals surface area contributed by atoms with Crippen molar-refractivity contribution in [3.05, 3.63) is 29.3 Å². The molecule has 1 saturated carbocycles. The molecule has 0 spiro atoms. The topological polar surface area (TPSA) is 53.0 Å². The maximum absolute atomic E-state index is 12.2. The Labute approximate surface area is 168 Å². The van der Waals surface area contributed by atoms with Crippen molar-refractivity contribution in [3.8, 4) is 5.75 Å². The molecule has 1 aliphatic carbocycles. The summed E-state index contributed by atoms with van der Waals surface area (Å²) in [7, 11) is 1.79. The van der Waals surface area contributed by atoms with Gasteiger partial charge in [-0.15, -0.1) is 0 Å². The first kappa shape index (κ1) is 22.0. The summed E-state index contributed by atoms with van der Waals surface area (Å²) in [6, 6.07) is 6.82. The van der Waals surface area contributed by atoms with Gasteiger partial charge < -0.3 is 19.6 Å². The number of benzene rings is 1. The summed E-state index contributed by atoms with van der Waals surface area (Å²) in [5.41, 5.74) is 0. The van der Waals surface area contributed by atoms with Gasteiger partial charge in [-0.1, -0.05) is 31.4 Å². The molecule has 0 heterocycles. The van der Waals surface area contributed by atoms with E-state index >= 15 is 0 Å². The first-order chi connectivity index (χ1) is 13.0. The third-order valence-electron chi connectivity index (χ3n) is 5.55. The van der Waals surface area contributed by atoms with Crippen LogP contribution in [0.4, 0.5) is 4.79 Å². The van der Waals surface area contributed by atoms with Crippen molar-refractivity contribution >= 4 is 17.7 Å². The molecular formula is C21H33ClN2O3. The Bertz CT molecular complexity index is 559. The maximum Gasteiger partial charge on any atom is 0.414 e. The van der Waals surface area contributed by atoms with E-state index in [1.807, 2.05) is 0 Å². The molecule has 1 aromatic rings. The molecule has 0 bridgehead atoms. The van der Waals surface area contributed by atoms with Crippen LogP contribution in [0.25, 0.3) is 0 Å². The lowest BCUT2D eigenvalue weighted by Gasteiger charge is -2.32. The molecular weight excluding hydrogens is 364 g/mol. The van der Waals surface area contributed by atoms with Gasteiger partial charge in [-0.2, -0.15) is 0 Å². The smallest absolute Gasteiger partial charge is 0.410 e. The molecule has 0 saturated heterocycles. The fraction of sp³-hybridized carbons (Fsp3) is 0.667. The Kier molecular flexibility index (Phi) is 9.39. The first-order valence-corrected chi connectivity index (χ1v) is 10.4. The van der Waals surface area contributed by atoms with E-state index in [2.05, 4.69) is 11.8 Å². The van der Waals surface area contributed by atoms with Gasteiger partial charge >= 0.3 is 6.09 Å². The molecule has 0 unspecified atom stereocenters. The third-order valence-corrected chi connectivity index (χ3v) is 5.80. The summed E-state index contributed by atoms with van der Waals surface area (Å²) in [4.78, 5) is 16.2. The molecule has 1 N–H and O–H groups in total. The Balaban J connectivity index is 1.66. The monoisotopic (exact) mass is 396 g/mol. The average Bonchev–Trinajstić information content (AvgIpc) is 2.68. The van der Waals surface area contributed by atoms with E-state index in [9.17, 15) is 4.79 Å². The van der Waals surface area contributed by atoms with Gasteiger partial charge in [0, 0.05) is 31.7 Å². The van der Waals surface area contributed by atoms with E-state index < -0.39 is 0 Å². The van der Waals surface area contributed by atoms with Crippen LogP contribution in [0, 0.1) is 11.8 Å². The molecule has 6 heteroatoms. The minimum absolute atomic E-state index is 0.238. The van der Waals surface area contributed by atoms with Gasteiger partial charge in [0.25, 0.3) is 0 Å². The number of halogens is 1. The zero-order valence-electron chi connectivity index (χ0n) is 16.6. The lowest BCUT2D eigenvalue weighted by atomic mass is 9.80. The second kappa shape index (κ2) is 11.5. The van der Waals surface area contributed by atoms with Crippen molar-refractivity contribution in [2.75, 3.05) is 39.8 Å². The number of nitrogens with zero attached hydrogens (tertiary/aromatic N) is 2. The van der Waals surface area contributed by atoms with Crippen LogP contribution in [0.3, 0.4) is 0 Å². The lowest BCUT2D eigenvalue weighted by molar-refractivity contribution is 0.143. The molecule has 1 amide bonds. The fourth-order valence-corrected chi connectivity index (χ4v) is 3.86. The first-order valence-electron chi connectivity index (χ1n) is 10.0. The number of aliphatic hydroxyl groups is 1. The number of ether oxygens (including phenoxy) is 1. The quantitative estimate of drug-likeness (QED) is 0.676. The van der Waals surface area contributed by atoms with Crippen molar-refractivity contribution in [3.63, 3.8) is 0 Å². The molecule has 0 aliphatic heterocycles. The van der Waals surface area contributed by atoms with Crippen molar-refractivity contribution in [2.45, 2.75) is 39.0 Å². The summed E-state index contributed by atoms with van der Waals surface area (Å²) in [5.74, 6) is 1.93. The molecule has 2 rings (SSSR count). The highest BCUT2D eigenvalue weighted by Crippen LogP contribution is 2.31. The highest BCUT2D eigenvalue weighted by atomic mass is 35.5. The van der Waals surface area contributed by atoms with E-state index in [0.717, 1.165) is 32.0 Å². The Morgan fingerprint density at radius 1 is 1.15 bits per heavy atom. The zero-order chi connectivity index (χ0) is 19.6. The van der Waals surface area contributed by atoms with Gasteiger partial charge in [-0.05, 0) is 61.9 Å². The summed E-state index contributed by atoms with van der Waals surface area (Å²) < 4.78 is 5.37. The van der Waals surface area contributed by atoms with Gasteiger partial charge in [0.1, 0.15) is 5.75 Å². The van der Waals surface area contributed by atoms with Gasteiger partial charge in [-0.3, -0.25) is 0 Å². The Morgan fingerprint density at radius 3 is 2.37 bits per heavy atom. The van der Waals surface area contributed by atoms with Gasteiger partial charge in [0.05, 0.1) is 6.61 Å². The molecule has 1 aromatic carbocycles. The summed E-state index contributed by atoms with van der Waals surface area (Å²) in [6.07, 6.45) is 5.63. The number of hydrogen-bond acceptors (Lipinski definition) is 4. The molecule has 0 atom stereocenters. The van der Waals surface area contributed by atoms with Crippen molar-refractivity contribution in [1.29, 1.82) is 0 Å².